The second kappa shape index (κ2) is 13.3. The first kappa shape index (κ1) is 25.9. The van der Waals surface area contributed by atoms with Crippen LogP contribution in [0.5, 0.6) is 11.5 Å². The molecule has 32 heavy (non-hydrogen) atoms. The van der Waals surface area contributed by atoms with Gasteiger partial charge in [0.15, 0.2) is 10.2 Å². The average molecular weight is 496 g/mol. The fourth-order valence-corrected chi connectivity index (χ4v) is 3.86. The van der Waals surface area contributed by atoms with Crippen LogP contribution in [0.4, 0.5) is 11.4 Å². The zero-order valence-corrected chi connectivity index (χ0v) is 20.7. The molecule has 3 rings (SSSR count). The molecule has 0 radical (unpaired) electrons. The van der Waals surface area contributed by atoms with Gasteiger partial charge in [-0.05, 0) is 48.7 Å². The Labute approximate surface area is 206 Å². The lowest BCUT2D eigenvalue weighted by molar-refractivity contribution is 0.186. The van der Waals surface area contributed by atoms with E-state index in [9.17, 15) is 0 Å². The highest BCUT2D eigenvalue weighted by molar-refractivity contribution is 7.80. The number of nitrogens with one attached hydrogen (secondary N) is 3. The standard InChI is InChI=1S/C22H29N5O2S2.ClH/c1-28-19-9-5-3-7-17(19)24-21(30)23-11-12-26-13-15-27(16-14-26)22(31)25-18-8-4-6-10-20(18)29-2;/h3-10H,11-16H2,1-2H3,(H,25,31)(H2,23,24,30);1H. The van der Waals surface area contributed by atoms with Crippen molar-refractivity contribution in [2.75, 3.05) is 64.1 Å². The molecule has 0 atom stereocenters. The van der Waals surface area contributed by atoms with E-state index in [1.54, 1.807) is 14.2 Å². The van der Waals surface area contributed by atoms with Crippen molar-refractivity contribution < 1.29 is 9.47 Å². The van der Waals surface area contributed by atoms with E-state index in [0.29, 0.717) is 5.11 Å². The van der Waals surface area contributed by atoms with Crippen LogP contribution in [0.1, 0.15) is 0 Å². The van der Waals surface area contributed by atoms with Crippen molar-refractivity contribution in [2.24, 2.45) is 0 Å². The minimum atomic E-state index is 0. The van der Waals surface area contributed by atoms with Gasteiger partial charge in [-0.2, -0.15) is 0 Å². The molecule has 1 saturated heterocycles. The molecule has 3 N–H and O–H groups in total. The quantitative estimate of drug-likeness (QED) is 0.501. The Morgan fingerprint density at radius 2 is 1.38 bits per heavy atom. The second-order valence-corrected chi connectivity index (χ2v) is 7.84. The molecule has 10 heteroatoms. The van der Waals surface area contributed by atoms with Gasteiger partial charge >= 0.3 is 0 Å². The van der Waals surface area contributed by atoms with Crippen molar-refractivity contribution in [1.29, 1.82) is 0 Å². The average Bonchev–Trinajstić information content (AvgIpc) is 2.80. The van der Waals surface area contributed by atoms with Crippen LogP contribution in [0.15, 0.2) is 48.5 Å². The van der Waals surface area contributed by atoms with Crippen molar-refractivity contribution in [3.63, 3.8) is 0 Å². The van der Waals surface area contributed by atoms with E-state index in [2.05, 4.69) is 25.8 Å². The molecule has 0 amide bonds. The zero-order valence-electron chi connectivity index (χ0n) is 18.3. The molecule has 2 aromatic rings. The highest BCUT2D eigenvalue weighted by Gasteiger charge is 2.19. The lowest BCUT2D eigenvalue weighted by Crippen LogP contribution is -2.51. The van der Waals surface area contributed by atoms with Crippen molar-refractivity contribution in [3.8, 4) is 11.5 Å². The summed E-state index contributed by atoms with van der Waals surface area (Å²) < 4.78 is 10.7. The molecule has 1 fully saturated rings. The summed E-state index contributed by atoms with van der Waals surface area (Å²) >= 11 is 11.0. The number of hydrogen-bond acceptors (Lipinski definition) is 5. The van der Waals surface area contributed by atoms with Crippen LogP contribution < -0.4 is 25.4 Å². The van der Waals surface area contributed by atoms with Crippen LogP contribution in [-0.2, 0) is 0 Å². The first-order chi connectivity index (χ1) is 15.1. The molecular weight excluding hydrogens is 466 g/mol. The van der Waals surface area contributed by atoms with Crippen molar-refractivity contribution in [1.82, 2.24) is 15.1 Å². The summed E-state index contributed by atoms with van der Waals surface area (Å²) in [6, 6.07) is 15.5. The Morgan fingerprint density at radius 1 is 0.844 bits per heavy atom. The molecule has 1 heterocycles. The summed E-state index contributed by atoms with van der Waals surface area (Å²) in [7, 11) is 3.31. The molecule has 2 aromatic carbocycles. The number of para-hydroxylation sites is 4. The lowest BCUT2D eigenvalue weighted by Gasteiger charge is -2.36. The van der Waals surface area contributed by atoms with E-state index in [1.807, 2.05) is 48.5 Å². The number of rotatable bonds is 7. The third-order valence-corrected chi connectivity index (χ3v) is 5.68. The van der Waals surface area contributed by atoms with Gasteiger partial charge in [-0.1, -0.05) is 24.3 Å². The summed E-state index contributed by atoms with van der Waals surface area (Å²) in [4.78, 5) is 4.60. The number of hydrogen-bond donors (Lipinski definition) is 3. The van der Waals surface area contributed by atoms with Gasteiger partial charge in [0, 0.05) is 39.3 Å². The maximum atomic E-state index is 5.60. The Bertz CT molecular complexity index is 891. The summed E-state index contributed by atoms with van der Waals surface area (Å²) in [6.45, 7) is 5.33. The predicted octanol–water partition coefficient (Wildman–Crippen LogP) is 3.43. The molecular formula is C22H30ClN5O2S2. The lowest BCUT2D eigenvalue weighted by atomic mass is 10.3. The van der Waals surface area contributed by atoms with E-state index in [0.717, 1.165) is 67.3 Å². The van der Waals surface area contributed by atoms with Crippen LogP contribution in [0, 0.1) is 0 Å². The van der Waals surface area contributed by atoms with Gasteiger partial charge in [-0.3, -0.25) is 4.90 Å². The molecule has 0 bridgehead atoms. The monoisotopic (exact) mass is 495 g/mol. The number of piperazine rings is 1. The van der Waals surface area contributed by atoms with E-state index in [4.69, 9.17) is 33.9 Å². The van der Waals surface area contributed by atoms with E-state index >= 15 is 0 Å². The first-order valence-electron chi connectivity index (χ1n) is 10.2. The highest BCUT2D eigenvalue weighted by atomic mass is 35.5. The van der Waals surface area contributed by atoms with Gasteiger partial charge in [-0.15, -0.1) is 12.4 Å². The number of anilines is 2. The third kappa shape index (κ3) is 7.37. The number of thiocarbonyl (C=S) groups is 2. The third-order valence-electron chi connectivity index (χ3n) is 5.08. The van der Waals surface area contributed by atoms with Crippen molar-refractivity contribution >= 4 is 58.4 Å². The molecule has 0 saturated carbocycles. The van der Waals surface area contributed by atoms with Crippen LogP contribution in [0.3, 0.4) is 0 Å². The number of halogens is 1. The molecule has 1 aliphatic rings. The van der Waals surface area contributed by atoms with Crippen molar-refractivity contribution in [2.45, 2.75) is 0 Å². The fraction of sp³-hybridized carbons (Fsp3) is 0.364. The maximum Gasteiger partial charge on any atom is 0.173 e. The van der Waals surface area contributed by atoms with Gasteiger partial charge in [0.05, 0.1) is 25.6 Å². The SMILES string of the molecule is COc1ccccc1NC(=S)NCCN1CCN(C(=S)Nc2ccccc2OC)CC1.Cl. The van der Waals surface area contributed by atoms with Crippen LogP contribution >= 0.6 is 36.8 Å². The Kier molecular flexibility index (Phi) is 10.8. The minimum absolute atomic E-state index is 0. The van der Waals surface area contributed by atoms with Gasteiger partial charge in [0.2, 0.25) is 0 Å². The second-order valence-electron chi connectivity index (χ2n) is 7.04. The van der Waals surface area contributed by atoms with Gasteiger partial charge < -0.3 is 30.3 Å². The molecule has 0 aromatic heterocycles. The van der Waals surface area contributed by atoms with Gasteiger partial charge in [0.25, 0.3) is 0 Å². The highest BCUT2D eigenvalue weighted by Crippen LogP contribution is 2.24. The smallest absolute Gasteiger partial charge is 0.173 e. The number of benzene rings is 2. The van der Waals surface area contributed by atoms with Gasteiger partial charge in [0.1, 0.15) is 11.5 Å². The molecule has 7 nitrogen and oxygen atoms in total. The summed E-state index contributed by atoms with van der Waals surface area (Å²) in [5, 5.41) is 11.1. The summed E-state index contributed by atoms with van der Waals surface area (Å²) in [5.41, 5.74) is 1.74. The predicted molar refractivity (Wildman–Crippen MR) is 142 cm³/mol. The molecule has 0 unspecified atom stereocenters. The number of nitrogens with zero attached hydrogens (tertiary/aromatic N) is 2. The Hall–Kier alpha value is -2.33. The summed E-state index contributed by atoms with van der Waals surface area (Å²) in [5.74, 6) is 1.55. The largest absolute Gasteiger partial charge is 0.495 e. The minimum Gasteiger partial charge on any atom is -0.495 e. The molecule has 0 aliphatic carbocycles. The van der Waals surface area contributed by atoms with E-state index in [1.165, 1.54) is 0 Å². The number of ether oxygens (including phenoxy) is 2. The van der Waals surface area contributed by atoms with Crippen molar-refractivity contribution in [3.05, 3.63) is 48.5 Å². The zero-order chi connectivity index (χ0) is 22.1. The maximum absolute atomic E-state index is 5.60. The summed E-state index contributed by atoms with van der Waals surface area (Å²) in [6.07, 6.45) is 0. The normalized spacial score (nSPS) is 13.5. The Morgan fingerprint density at radius 3 is 1.94 bits per heavy atom. The van der Waals surface area contributed by atoms with Crippen LogP contribution in [0.2, 0.25) is 0 Å². The first-order valence-corrected chi connectivity index (χ1v) is 11.0. The topological polar surface area (TPSA) is 61.0 Å². The van der Waals surface area contributed by atoms with Crippen LogP contribution in [-0.4, -0.2) is 73.5 Å². The fourth-order valence-electron chi connectivity index (χ4n) is 3.36. The molecule has 0 spiro atoms. The number of methoxy groups -OCH3 is 2. The van der Waals surface area contributed by atoms with Crippen LogP contribution in [0.25, 0.3) is 0 Å². The van der Waals surface area contributed by atoms with E-state index < -0.39 is 0 Å². The molecule has 174 valence electrons. The Balaban J connectivity index is 0.00000363. The molecule has 1 aliphatic heterocycles. The van der Waals surface area contributed by atoms with Gasteiger partial charge in [-0.25, -0.2) is 0 Å². The van der Waals surface area contributed by atoms with E-state index in [-0.39, 0.29) is 12.4 Å².